The molecule has 8 nitrogen and oxygen atoms in total. The monoisotopic (exact) mass is 442 g/mol. The lowest BCUT2D eigenvalue weighted by atomic mass is 9.74. The third-order valence-electron chi connectivity index (χ3n) is 6.94. The highest BCUT2D eigenvalue weighted by atomic mass is 16.7. The van der Waals surface area contributed by atoms with Crippen molar-refractivity contribution in [2.24, 2.45) is 0 Å². The van der Waals surface area contributed by atoms with Crippen LogP contribution in [0.25, 0.3) is 0 Å². The molecule has 0 saturated carbocycles. The van der Waals surface area contributed by atoms with Crippen LogP contribution in [0.3, 0.4) is 0 Å². The van der Waals surface area contributed by atoms with Gasteiger partial charge in [-0.25, -0.2) is 4.79 Å². The van der Waals surface area contributed by atoms with Crippen LogP contribution in [0, 0.1) is 0 Å². The number of ether oxygens (including phenoxy) is 5. The van der Waals surface area contributed by atoms with Crippen molar-refractivity contribution in [1.82, 2.24) is 0 Å². The molecule has 0 aromatic heterocycles. The van der Waals surface area contributed by atoms with Gasteiger partial charge in [0.2, 0.25) is 0 Å². The minimum Gasteiger partial charge on any atom is -0.507 e. The molecule has 2 aromatic carbocycles. The van der Waals surface area contributed by atoms with E-state index in [0.717, 1.165) is 0 Å². The molecule has 0 radical (unpaired) electrons. The van der Waals surface area contributed by atoms with E-state index in [1.165, 1.54) is 14.2 Å². The summed E-state index contributed by atoms with van der Waals surface area (Å²) in [6, 6.07) is 6.82. The SMILES string of the molecule is COc1cc(C2OC(=O)c3cccc(OC)c32)c(O)c2c1CC(O)(C1(C)OCCO1)CC2. The number of aliphatic hydroxyl groups is 1. The lowest BCUT2D eigenvalue weighted by Gasteiger charge is -2.44. The number of benzene rings is 2. The number of hydrogen-bond acceptors (Lipinski definition) is 8. The number of carbonyl (C=O) groups is 1. The van der Waals surface area contributed by atoms with E-state index >= 15 is 0 Å². The van der Waals surface area contributed by atoms with Gasteiger partial charge in [0.15, 0.2) is 11.9 Å². The van der Waals surface area contributed by atoms with Crippen LogP contribution >= 0.6 is 0 Å². The van der Waals surface area contributed by atoms with Gasteiger partial charge < -0.3 is 33.9 Å². The molecular formula is C24H26O8. The molecule has 0 amide bonds. The molecule has 1 fully saturated rings. The van der Waals surface area contributed by atoms with Crippen molar-refractivity contribution in [2.45, 2.75) is 43.7 Å². The summed E-state index contributed by atoms with van der Waals surface area (Å²) in [4.78, 5) is 12.5. The fourth-order valence-electron chi connectivity index (χ4n) is 5.11. The highest BCUT2D eigenvalue weighted by Crippen LogP contribution is 2.51. The number of phenols is 1. The van der Waals surface area contributed by atoms with Crippen molar-refractivity contribution < 1.29 is 38.7 Å². The topological polar surface area (TPSA) is 104 Å². The number of methoxy groups -OCH3 is 2. The Morgan fingerprint density at radius 1 is 1.09 bits per heavy atom. The maximum atomic E-state index is 12.5. The Morgan fingerprint density at radius 3 is 2.50 bits per heavy atom. The van der Waals surface area contributed by atoms with Crippen molar-refractivity contribution >= 4 is 5.97 Å². The molecule has 5 rings (SSSR count). The summed E-state index contributed by atoms with van der Waals surface area (Å²) >= 11 is 0. The Hall–Kier alpha value is -2.81. The fraction of sp³-hybridized carbons (Fsp3) is 0.458. The van der Waals surface area contributed by atoms with Gasteiger partial charge in [-0.15, -0.1) is 0 Å². The Kier molecular flexibility index (Phi) is 4.85. The average molecular weight is 442 g/mol. The van der Waals surface area contributed by atoms with Gasteiger partial charge in [-0.05, 0) is 38.0 Å². The summed E-state index contributed by atoms with van der Waals surface area (Å²) in [6.45, 7) is 2.58. The summed E-state index contributed by atoms with van der Waals surface area (Å²) in [5, 5.41) is 22.7. The molecule has 2 unspecified atom stereocenters. The first-order chi connectivity index (χ1) is 15.3. The Bertz CT molecular complexity index is 1090. The number of cyclic esters (lactones) is 1. The Balaban J connectivity index is 1.60. The molecule has 0 bridgehead atoms. The van der Waals surface area contributed by atoms with Crippen molar-refractivity contribution in [1.29, 1.82) is 0 Å². The lowest BCUT2D eigenvalue weighted by Crippen LogP contribution is -2.56. The van der Waals surface area contributed by atoms with E-state index in [1.54, 1.807) is 31.2 Å². The zero-order chi connectivity index (χ0) is 22.7. The van der Waals surface area contributed by atoms with Gasteiger partial charge in [0.1, 0.15) is 22.8 Å². The molecule has 2 N–H and O–H groups in total. The van der Waals surface area contributed by atoms with Crippen molar-refractivity contribution in [3.8, 4) is 17.2 Å². The summed E-state index contributed by atoms with van der Waals surface area (Å²) in [5.41, 5.74) is 1.47. The van der Waals surface area contributed by atoms with E-state index in [4.69, 9.17) is 23.7 Å². The van der Waals surface area contributed by atoms with Gasteiger partial charge >= 0.3 is 5.97 Å². The average Bonchev–Trinajstić information content (AvgIpc) is 3.39. The van der Waals surface area contributed by atoms with E-state index in [1.807, 2.05) is 0 Å². The van der Waals surface area contributed by atoms with Crippen LogP contribution in [-0.2, 0) is 27.1 Å². The van der Waals surface area contributed by atoms with Gasteiger partial charge in [0.25, 0.3) is 0 Å². The van der Waals surface area contributed by atoms with Gasteiger partial charge in [-0.1, -0.05) is 6.07 Å². The number of aromatic hydroxyl groups is 1. The molecule has 2 heterocycles. The van der Waals surface area contributed by atoms with Gasteiger partial charge in [-0.2, -0.15) is 0 Å². The number of hydrogen-bond donors (Lipinski definition) is 2. The number of rotatable bonds is 4. The second-order valence-corrected chi connectivity index (χ2v) is 8.53. The highest BCUT2D eigenvalue weighted by molar-refractivity contribution is 5.95. The molecule has 170 valence electrons. The number of esters is 1. The third-order valence-corrected chi connectivity index (χ3v) is 6.94. The highest BCUT2D eigenvalue weighted by Gasteiger charge is 2.54. The van der Waals surface area contributed by atoms with Gasteiger partial charge in [0, 0.05) is 23.1 Å². The lowest BCUT2D eigenvalue weighted by molar-refractivity contribution is -0.262. The molecule has 0 spiro atoms. The third kappa shape index (κ3) is 2.90. The molecule has 3 aliphatic rings. The van der Waals surface area contributed by atoms with Crippen LogP contribution in [0.5, 0.6) is 17.2 Å². The van der Waals surface area contributed by atoms with E-state index < -0.39 is 23.5 Å². The van der Waals surface area contributed by atoms with E-state index in [-0.39, 0.29) is 12.2 Å². The van der Waals surface area contributed by atoms with Crippen LogP contribution in [0.4, 0.5) is 0 Å². The molecule has 1 aliphatic carbocycles. The molecule has 2 atom stereocenters. The normalized spacial score (nSPS) is 25.8. The minimum atomic E-state index is -1.27. The molecule has 2 aromatic rings. The first kappa shape index (κ1) is 21.1. The first-order valence-corrected chi connectivity index (χ1v) is 10.6. The zero-order valence-electron chi connectivity index (χ0n) is 18.3. The summed E-state index contributed by atoms with van der Waals surface area (Å²) in [5.74, 6) is -0.577. The smallest absolute Gasteiger partial charge is 0.339 e. The Morgan fingerprint density at radius 2 is 1.81 bits per heavy atom. The quantitative estimate of drug-likeness (QED) is 0.697. The predicted octanol–water partition coefficient (Wildman–Crippen LogP) is 2.65. The van der Waals surface area contributed by atoms with Crippen molar-refractivity contribution in [2.75, 3.05) is 27.4 Å². The predicted molar refractivity (Wildman–Crippen MR) is 112 cm³/mol. The van der Waals surface area contributed by atoms with E-state index in [9.17, 15) is 15.0 Å². The first-order valence-electron chi connectivity index (χ1n) is 10.6. The number of phenolic OH excluding ortho intramolecular Hbond substituents is 1. The van der Waals surface area contributed by atoms with Crippen molar-refractivity contribution in [3.63, 3.8) is 0 Å². The molecule has 2 aliphatic heterocycles. The summed E-state index contributed by atoms with van der Waals surface area (Å²) in [6.07, 6.45) is 0.0814. The fourth-order valence-corrected chi connectivity index (χ4v) is 5.11. The standard InChI is InChI=1S/C24H26O8/c1-23(30-9-10-31-23)24(27)8-7-13-16(12-24)18(29-3)11-15(20(13)25)21-19-14(22(26)32-21)5-4-6-17(19)28-2/h4-6,11,21,25,27H,7-10,12H2,1-3H3. The van der Waals surface area contributed by atoms with E-state index in [0.29, 0.717) is 65.4 Å². The molecule has 8 heteroatoms. The van der Waals surface area contributed by atoms with Crippen molar-refractivity contribution in [3.05, 3.63) is 52.1 Å². The van der Waals surface area contributed by atoms with Crippen LogP contribution in [0.2, 0.25) is 0 Å². The van der Waals surface area contributed by atoms with Crippen LogP contribution < -0.4 is 9.47 Å². The zero-order valence-corrected chi connectivity index (χ0v) is 18.3. The number of carbonyl (C=O) groups excluding carboxylic acids is 1. The molecular weight excluding hydrogens is 416 g/mol. The van der Waals surface area contributed by atoms with E-state index in [2.05, 4.69) is 0 Å². The molecule has 32 heavy (non-hydrogen) atoms. The van der Waals surface area contributed by atoms with Crippen LogP contribution in [-0.4, -0.2) is 55.0 Å². The van der Waals surface area contributed by atoms with Gasteiger partial charge in [-0.3, -0.25) is 0 Å². The minimum absolute atomic E-state index is 0.0258. The van der Waals surface area contributed by atoms with Gasteiger partial charge in [0.05, 0.1) is 38.6 Å². The molecule has 1 saturated heterocycles. The summed E-state index contributed by atoms with van der Waals surface area (Å²) in [7, 11) is 3.06. The Labute approximate surface area is 185 Å². The largest absolute Gasteiger partial charge is 0.507 e. The van der Waals surface area contributed by atoms with Crippen LogP contribution in [0.15, 0.2) is 24.3 Å². The number of fused-ring (bicyclic) bond motifs is 2. The maximum Gasteiger partial charge on any atom is 0.339 e. The second kappa shape index (κ2) is 7.37. The second-order valence-electron chi connectivity index (χ2n) is 8.53. The maximum absolute atomic E-state index is 12.5. The van der Waals surface area contributed by atoms with Crippen LogP contribution in [0.1, 0.15) is 52.1 Å². The summed E-state index contributed by atoms with van der Waals surface area (Å²) < 4.78 is 28.2.